The van der Waals surface area contributed by atoms with E-state index >= 15 is 0 Å². The zero-order valence-electron chi connectivity index (χ0n) is 16.3. The van der Waals surface area contributed by atoms with Gasteiger partial charge in [0.1, 0.15) is 0 Å². The summed E-state index contributed by atoms with van der Waals surface area (Å²) in [5, 5.41) is 15.6. The number of amides is 1. The molecule has 0 fully saturated rings. The summed E-state index contributed by atoms with van der Waals surface area (Å²) in [6.45, 7) is 5.91. The van der Waals surface area contributed by atoms with E-state index in [1.54, 1.807) is 48.5 Å². The number of nitrogens with one attached hydrogen (secondary N) is 1. The molecule has 0 spiro atoms. The number of hydrogen-bond donors (Lipinski definition) is 2. The molecule has 0 heterocycles. The number of rotatable bonds is 5. The first-order chi connectivity index (χ1) is 13.4. The Balaban J connectivity index is 1.93. The van der Waals surface area contributed by atoms with Crippen LogP contribution in [0.5, 0.6) is 0 Å². The van der Waals surface area contributed by atoms with Crippen molar-refractivity contribution in [1.82, 2.24) is 5.43 Å². The molecule has 0 saturated heterocycles. The van der Waals surface area contributed by atoms with Gasteiger partial charge in [0.25, 0.3) is 5.91 Å². The van der Waals surface area contributed by atoms with Crippen LogP contribution in [0.4, 0.5) is 0 Å². The average Bonchev–Trinajstić information content (AvgIpc) is 2.74. The molecule has 3 aromatic carbocycles. The Hall–Kier alpha value is -3.24. The molecule has 0 bridgehead atoms. The van der Waals surface area contributed by atoms with Crippen molar-refractivity contribution >= 4 is 11.6 Å². The lowest BCUT2D eigenvalue weighted by atomic mass is 9.85. The summed E-state index contributed by atoms with van der Waals surface area (Å²) >= 11 is 0. The molecule has 142 valence electrons. The van der Waals surface area contributed by atoms with Crippen molar-refractivity contribution in [3.8, 4) is 0 Å². The van der Waals surface area contributed by atoms with Crippen LogP contribution in [0.25, 0.3) is 0 Å². The van der Waals surface area contributed by atoms with Crippen LogP contribution in [-0.2, 0) is 10.4 Å². The molecule has 0 radical (unpaired) electrons. The Labute approximate surface area is 165 Å². The molecule has 4 nitrogen and oxygen atoms in total. The number of carbonyl (C=O) groups is 1. The summed E-state index contributed by atoms with van der Waals surface area (Å²) < 4.78 is 0. The summed E-state index contributed by atoms with van der Waals surface area (Å²) in [5.41, 5.74) is 5.62. The lowest BCUT2D eigenvalue weighted by Gasteiger charge is -2.27. The third-order valence-electron chi connectivity index (χ3n) is 4.96. The lowest BCUT2D eigenvalue weighted by Crippen LogP contribution is -2.43. The summed E-state index contributed by atoms with van der Waals surface area (Å²) in [7, 11) is 0. The fourth-order valence-corrected chi connectivity index (χ4v) is 3.03. The molecule has 0 aromatic heterocycles. The van der Waals surface area contributed by atoms with Crippen LogP contribution in [0.15, 0.2) is 84.0 Å². The Morgan fingerprint density at radius 1 is 0.857 bits per heavy atom. The van der Waals surface area contributed by atoms with Crippen LogP contribution in [0.2, 0.25) is 0 Å². The fraction of sp³-hybridized carbons (Fsp3) is 0.167. The van der Waals surface area contributed by atoms with E-state index in [4.69, 9.17) is 0 Å². The van der Waals surface area contributed by atoms with Crippen LogP contribution >= 0.6 is 0 Å². The highest BCUT2D eigenvalue weighted by Gasteiger charge is 2.39. The van der Waals surface area contributed by atoms with Crippen molar-refractivity contribution in [3.63, 3.8) is 0 Å². The second-order valence-electron chi connectivity index (χ2n) is 6.88. The monoisotopic (exact) mass is 372 g/mol. The van der Waals surface area contributed by atoms with Crippen molar-refractivity contribution in [3.05, 3.63) is 107 Å². The molecule has 0 aliphatic heterocycles. The Kier molecular flexibility index (Phi) is 5.71. The maximum absolute atomic E-state index is 13.1. The van der Waals surface area contributed by atoms with Crippen LogP contribution < -0.4 is 5.43 Å². The van der Waals surface area contributed by atoms with Crippen LogP contribution in [0, 0.1) is 13.8 Å². The van der Waals surface area contributed by atoms with Crippen LogP contribution in [-0.4, -0.2) is 16.7 Å². The highest BCUT2D eigenvalue weighted by Crippen LogP contribution is 2.29. The number of nitrogens with zero attached hydrogens (tertiary/aromatic N) is 1. The number of hydrazone groups is 1. The Morgan fingerprint density at radius 3 is 1.89 bits per heavy atom. The van der Waals surface area contributed by atoms with E-state index in [1.807, 2.05) is 51.1 Å². The first-order valence-electron chi connectivity index (χ1n) is 9.18. The standard InChI is InChI=1S/C24H24N2O2/c1-17-14-15-20(16-18(17)2)19(3)25-26-23(27)24(28,21-10-6-4-7-11-21)22-12-8-5-9-13-22/h4-16,28H,1-3H3,(H,26,27)/b25-19+. The molecule has 1 amide bonds. The van der Waals surface area contributed by atoms with Gasteiger partial charge in [-0.25, -0.2) is 5.43 Å². The largest absolute Gasteiger partial charge is 0.372 e. The van der Waals surface area contributed by atoms with Crippen molar-refractivity contribution in [1.29, 1.82) is 0 Å². The lowest BCUT2D eigenvalue weighted by molar-refractivity contribution is -0.136. The van der Waals surface area contributed by atoms with Gasteiger partial charge in [-0.3, -0.25) is 4.79 Å². The van der Waals surface area contributed by atoms with Gasteiger partial charge in [-0.1, -0.05) is 72.8 Å². The second-order valence-corrected chi connectivity index (χ2v) is 6.88. The van der Waals surface area contributed by atoms with Gasteiger partial charge in [-0.15, -0.1) is 0 Å². The molecule has 0 aliphatic carbocycles. The maximum atomic E-state index is 13.1. The molecule has 3 aromatic rings. The number of aliphatic hydroxyl groups is 1. The Morgan fingerprint density at radius 2 is 1.39 bits per heavy atom. The quantitative estimate of drug-likeness (QED) is 0.524. The minimum absolute atomic E-state index is 0.484. The summed E-state index contributed by atoms with van der Waals surface area (Å²) in [6, 6.07) is 23.8. The molecular formula is C24H24N2O2. The zero-order valence-corrected chi connectivity index (χ0v) is 16.3. The normalized spacial score (nSPS) is 11.9. The highest BCUT2D eigenvalue weighted by molar-refractivity contribution is 6.00. The molecule has 0 unspecified atom stereocenters. The smallest absolute Gasteiger partial charge is 0.281 e. The third kappa shape index (κ3) is 3.87. The molecule has 2 N–H and O–H groups in total. The molecule has 28 heavy (non-hydrogen) atoms. The van der Waals surface area contributed by atoms with E-state index in [1.165, 1.54) is 5.56 Å². The van der Waals surface area contributed by atoms with Gasteiger partial charge >= 0.3 is 0 Å². The number of benzene rings is 3. The van der Waals surface area contributed by atoms with E-state index in [0.29, 0.717) is 16.8 Å². The first kappa shape index (κ1) is 19.5. The second kappa shape index (κ2) is 8.19. The van der Waals surface area contributed by atoms with Crippen LogP contribution in [0.1, 0.15) is 34.7 Å². The molecular weight excluding hydrogens is 348 g/mol. The number of carbonyl (C=O) groups excluding carboxylic acids is 1. The van der Waals surface area contributed by atoms with E-state index in [-0.39, 0.29) is 0 Å². The van der Waals surface area contributed by atoms with Gasteiger partial charge in [-0.05, 0) is 54.7 Å². The SMILES string of the molecule is C/C(=N\NC(=O)C(O)(c1ccccc1)c1ccccc1)c1ccc(C)c(C)c1. The van der Waals surface area contributed by atoms with Gasteiger partial charge in [-0.2, -0.15) is 5.10 Å². The highest BCUT2D eigenvalue weighted by atomic mass is 16.3. The topological polar surface area (TPSA) is 61.7 Å². The summed E-state index contributed by atoms with van der Waals surface area (Å²) in [5.74, 6) is -0.604. The molecule has 0 atom stereocenters. The summed E-state index contributed by atoms with van der Waals surface area (Å²) in [4.78, 5) is 13.1. The number of aryl methyl sites for hydroxylation is 2. The van der Waals surface area contributed by atoms with Gasteiger partial charge in [0.2, 0.25) is 0 Å². The van der Waals surface area contributed by atoms with Crippen molar-refractivity contribution in [2.45, 2.75) is 26.4 Å². The predicted octanol–water partition coefficient (Wildman–Crippen LogP) is 4.08. The van der Waals surface area contributed by atoms with E-state index in [0.717, 1.165) is 11.1 Å². The molecule has 4 heteroatoms. The van der Waals surface area contributed by atoms with Crippen molar-refractivity contribution in [2.75, 3.05) is 0 Å². The third-order valence-corrected chi connectivity index (χ3v) is 4.96. The van der Waals surface area contributed by atoms with E-state index in [9.17, 15) is 9.90 Å². The predicted molar refractivity (Wildman–Crippen MR) is 112 cm³/mol. The number of hydrogen-bond acceptors (Lipinski definition) is 3. The van der Waals surface area contributed by atoms with Gasteiger partial charge in [0.05, 0.1) is 5.71 Å². The molecule has 0 aliphatic rings. The van der Waals surface area contributed by atoms with Gasteiger partial charge in [0.15, 0.2) is 5.60 Å². The van der Waals surface area contributed by atoms with Gasteiger partial charge in [0, 0.05) is 0 Å². The minimum atomic E-state index is -1.84. The maximum Gasteiger partial charge on any atom is 0.281 e. The summed E-state index contributed by atoms with van der Waals surface area (Å²) in [6.07, 6.45) is 0. The molecule has 0 saturated carbocycles. The minimum Gasteiger partial charge on any atom is -0.372 e. The average molecular weight is 372 g/mol. The zero-order chi connectivity index (χ0) is 20.1. The van der Waals surface area contributed by atoms with Crippen molar-refractivity contribution in [2.24, 2.45) is 5.10 Å². The Bertz CT molecular complexity index is 956. The first-order valence-corrected chi connectivity index (χ1v) is 9.18. The van der Waals surface area contributed by atoms with Crippen LogP contribution in [0.3, 0.4) is 0 Å². The van der Waals surface area contributed by atoms with E-state index < -0.39 is 11.5 Å². The van der Waals surface area contributed by atoms with Gasteiger partial charge < -0.3 is 5.11 Å². The van der Waals surface area contributed by atoms with E-state index in [2.05, 4.69) is 10.5 Å². The fourth-order valence-electron chi connectivity index (χ4n) is 3.03. The van der Waals surface area contributed by atoms with Crippen molar-refractivity contribution < 1.29 is 9.90 Å². The molecule has 3 rings (SSSR count).